The van der Waals surface area contributed by atoms with Crippen molar-refractivity contribution in [3.63, 3.8) is 0 Å². The number of aromatic nitrogens is 1. The summed E-state index contributed by atoms with van der Waals surface area (Å²) in [6.45, 7) is 1.70. The minimum atomic E-state index is -0.514. The molecule has 0 spiro atoms. The van der Waals surface area contributed by atoms with Crippen molar-refractivity contribution in [2.45, 2.75) is 13.0 Å². The molecule has 1 N–H and O–H groups in total. The quantitative estimate of drug-likeness (QED) is 0.800. The van der Waals surface area contributed by atoms with E-state index in [4.69, 9.17) is 4.42 Å². The molecule has 0 radical (unpaired) electrons. The maximum absolute atomic E-state index is 9.25. The topological polar surface area (TPSA) is 46.3 Å². The summed E-state index contributed by atoms with van der Waals surface area (Å²) in [5.41, 5.74) is 0.691. The molecule has 1 unspecified atom stereocenters. The van der Waals surface area contributed by atoms with Gasteiger partial charge in [0.15, 0.2) is 10.8 Å². The summed E-state index contributed by atoms with van der Waals surface area (Å²) in [6.07, 6.45) is 1.10. The molecule has 3 nitrogen and oxygen atoms in total. The summed E-state index contributed by atoms with van der Waals surface area (Å²) in [5, 5.41) is 11.9. The van der Waals surface area contributed by atoms with Crippen LogP contribution in [0.3, 0.4) is 0 Å². The molecule has 2 aromatic rings. The molecule has 1 atom stereocenters. The Bertz CT molecular complexity index is 378. The Morgan fingerprint density at radius 1 is 1.62 bits per heavy atom. The zero-order valence-electron chi connectivity index (χ0n) is 7.10. The number of hydrogen-bond donors (Lipinski definition) is 1. The van der Waals surface area contributed by atoms with E-state index in [1.807, 2.05) is 17.5 Å². The number of aliphatic hydroxyl groups is 1. The van der Waals surface area contributed by atoms with Crippen molar-refractivity contribution >= 4 is 11.3 Å². The van der Waals surface area contributed by atoms with E-state index in [0.717, 1.165) is 10.8 Å². The highest BCUT2D eigenvalue weighted by atomic mass is 32.1. The third-order valence-corrected chi connectivity index (χ3v) is 2.56. The van der Waals surface area contributed by atoms with Gasteiger partial charge in [0, 0.05) is 5.38 Å². The summed E-state index contributed by atoms with van der Waals surface area (Å²) in [5.74, 6) is 0.747. The van der Waals surface area contributed by atoms with Crippen molar-refractivity contribution in [3.05, 3.63) is 29.5 Å². The molecule has 0 aliphatic rings. The molecule has 0 aliphatic carbocycles. The minimum absolute atomic E-state index is 0.514. The first-order valence-corrected chi connectivity index (χ1v) is 4.82. The van der Waals surface area contributed by atoms with Crippen LogP contribution in [0.2, 0.25) is 0 Å². The second-order valence-electron chi connectivity index (χ2n) is 2.73. The van der Waals surface area contributed by atoms with Crippen molar-refractivity contribution in [2.75, 3.05) is 0 Å². The second kappa shape index (κ2) is 3.32. The van der Waals surface area contributed by atoms with Crippen LogP contribution < -0.4 is 0 Å². The molecule has 2 aromatic heterocycles. The lowest BCUT2D eigenvalue weighted by molar-refractivity contribution is 0.195. The first-order chi connectivity index (χ1) is 6.27. The van der Waals surface area contributed by atoms with Crippen molar-refractivity contribution in [2.24, 2.45) is 0 Å². The van der Waals surface area contributed by atoms with Crippen molar-refractivity contribution in [1.82, 2.24) is 4.98 Å². The highest BCUT2D eigenvalue weighted by Crippen LogP contribution is 2.26. The van der Waals surface area contributed by atoms with Crippen LogP contribution in [0.15, 0.2) is 28.2 Å². The van der Waals surface area contributed by atoms with Crippen molar-refractivity contribution < 1.29 is 9.52 Å². The number of thiazole rings is 1. The van der Waals surface area contributed by atoms with Gasteiger partial charge in [0.05, 0.1) is 18.1 Å². The third kappa shape index (κ3) is 1.64. The van der Waals surface area contributed by atoms with Gasteiger partial charge in [-0.2, -0.15) is 0 Å². The van der Waals surface area contributed by atoms with E-state index in [-0.39, 0.29) is 0 Å². The van der Waals surface area contributed by atoms with Gasteiger partial charge in [0.25, 0.3) is 0 Å². The van der Waals surface area contributed by atoms with E-state index in [0.29, 0.717) is 5.69 Å². The minimum Gasteiger partial charge on any atom is -0.462 e. The maximum Gasteiger partial charge on any atom is 0.162 e. The highest BCUT2D eigenvalue weighted by Gasteiger charge is 2.09. The summed E-state index contributed by atoms with van der Waals surface area (Å²) in [4.78, 5) is 4.23. The second-order valence-corrected chi connectivity index (χ2v) is 3.59. The van der Waals surface area contributed by atoms with Gasteiger partial charge in [0.1, 0.15) is 0 Å². The first-order valence-electron chi connectivity index (χ1n) is 3.95. The average Bonchev–Trinajstić information content (AvgIpc) is 2.75. The lowest BCUT2D eigenvalue weighted by atomic mass is 10.3. The predicted molar refractivity (Wildman–Crippen MR) is 50.4 cm³/mol. The molecular formula is C9H9NO2S. The van der Waals surface area contributed by atoms with E-state index >= 15 is 0 Å². The Morgan fingerprint density at radius 3 is 3.00 bits per heavy atom. The number of rotatable bonds is 2. The Labute approximate surface area is 79.7 Å². The summed E-state index contributed by atoms with van der Waals surface area (Å²) >= 11 is 1.47. The van der Waals surface area contributed by atoms with Crippen LogP contribution in [-0.2, 0) is 0 Å². The molecule has 13 heavy (non-hydrogen) atoms. The van der Waals surface area contributed by atoms with Gasteiger partial charge in [-0.1, -0.05) is 0 Å². The lowest BCUT2D eigenvalue weighted by Crippen LogP contribution is -1.89. The van der Waals surface area contributed by atoms with Gasteiger partial charge < -0.3 is 9.52 Å². The molecule has 0 saturated carbocycles. The van der Waals surface area contributed by atoms with Gasteiger partial charge in [-0.25, -0.2) is 4.98 Å². The maximum atomic E-state index is 9.25. The van der Waals surface area contributed by atoms with E-state index in [2.05, 4.69) is 4.98 Å². The van der Waals surface area contributed by atoms with Gasteiger partial charge >= 0.3 is 0 Å². The molecule has 0 bridgehead atoms. The monoisotopic (exact) mass is 195 g/mol. The van der Waals surface area contributed by atoms with E-state index in [1.54, 1.807) is 13.2 Å². The SMILES string of the molecule is CC(O)c1csc(-c2ccco2)n1. The molecule has 0 saturated heterocycles. The predicted octanol–water partition coefficient (Wildman–Crippen LogP) is 2.46. The van der Waals surface area contributed by atoms with Gasteiger partial charge in [-0.3, -0.25) is 0 Å². The van der Waals surface area contributed by atoms with E-state index in [1.165, 1.54) is 11.3 Å². The number of nitrogens with zero attached hydrogens (tertiary/aromatic N) is 1. The Morgan fingerprint density at radius 2 is 2.46 bits per heavy atom. The molecular weight excluding hydrogens is 186 g/mol. The van der Waals surface area contributed by atoms with Crippen molar-refractivity contribution in [1.29, 1.82) is 0 Å². The summed E-state index contributed by atoms with van der Waals surface area (Å²) in [6, 6.07) is 3.67. The van der Waals surface area contributed by atoms with E-state index < -0.39 is 6.10 Å². The fourth-order valence-corrected chi connectivity index (χ4v) is 1.86. The molecule has 2 rings (SSSR count). The number of hydrogen-bond acceptors (Lipinski definition) is 4. The van der Waals surface area contributed by atoms with E-state index in [9.17, 15) is 5.11 Å². The Kier molecular flexibility index (Phi) is 2.16. The first kappa shape index (κ1) is 8.47. The molecule has 68 valence electrons. The highest BCUT2D eigenvalue weighted by molar-refractivity contribution is 7.13. The van der Waals surface area contributed by atoms with Crippen LogP contribution in [0, 0.1) is 0 Å². The molecule has 4 heteroatoms. The molecule has 0 aliphatic heterocycles. The standard InChI is InChI=1S/C9H9NO2S/c1-6(11)7-5-13-9(10-7)8-3-2-4-12-8/h2-6,11H,1H3. The Hall–Kier alpha value is -1.13. The molecule has 2 heterocycles. The molecule has 0 fully saturated rings. The van der Waals surface area contributed by atoms with Crippen LogP contribution in [0.4, 0.5) is 0 Å². The zero-order valence-corrected chi connectivity index (χ0v) is 7.91. The fourth-order valence-electron chi connectivity index (χ4n) is 0.991. The largest absolute Gasteiger partial charge is 0.462 e. The number of furan rings is 1. The zero-order chi connectivity index (χ0) is 9.26. The van der Waals surface area contributed by atoms with Crippen LogP contribution in [-0.4, -0.2) is 10.1 Å². The third-order valence-electron chi connectivity index (χ3n) is 1.68. The molecule has 0 amide bonds. The smallest absolute Gasteiger partial charge is 0.162 e. The van der Waals surface area contributed by atoms with Crippen LogP contribution in [0.1, 0.15) is 18.7 Å². The van der Waals surface area contributed by atoms with Crippen LogP contribution in [0.25, 0.3) is 10.8 Å². The lowest BCUT2D eigenvalue weighted by Gasteiger charge is -1.95. The summed E-state index contributed by atoms with van der Waals surface area (Å²) in [7, 11) is 0. The summed E-state index contributed by atoms with van der Waals surface area (Å²) < 4.78 is 5.18. The molecule has 0 aromatic carbocycles. The fraction of sp³-hybridized carbons (Fsp3) is 0.222. The van der Waals surface area contributed by atoms with Gasteiger partial charge in [-0.15, -0.1) is 11.3 Å². The van der Waals surface area contributed by atoms with Crippen molar-refractivity contribution in [3.8, 4) is 10.8 Å². The van der Waals surface area contributed by atoms with Gasteiger partial charge in [0.2, 0.25) is 0 Å². The normalized spacial score (nSPS) is 13.1. The van der Waals surface area contributed by atoms with Gasteiger partial charge in [-0.05, 0) is 19.1 Å². The van der Waals surface area contributed by atoms with Crippen LogP contribution in [0.5, 0.6) is 0 Å². The number of aliphatic hydroxyl groups excluding tert-OH is 1. The average molecular weight is 195 g/mol. The van der Waals surface area contributed by atoms with Crippen LogP contribution >= 0.6 is 11.3 Å². The Balaban J connectivity index is 2.33.